The molecular formula is C27H31NO3Si. The summed E-state index contributed by atoms with van der Waals surface area (Å²) in [6, 6.07) is 15.7. The fraction of sp³-hybridized carbons (Fsp3) is 0.407. The van der Waals surface area contributed by atoms with Gasteiger partial charge in [-0.15, -0.1) is 0 Å². The van der Waals surface area contributed by atoms with Crippen LogP contribution in [0.3, 0.4) is 0 Å². The van der Waals surface area contributed by atoms with Gasteiger partial charge in [0.15, 0.2) is 13.9 Å². The Kier molecular flexibility index (Phi) is 6.65. The van der Waals surface area contributed by atoms with E-state index in [1.54, 1.807) is 19.1 Å². The van der Waals surface area contributed by atoms with Crippen molar-refractivity contribution in [3.63, 3.8) is 0 Å². The largest absolute Gasteiger partial charge is 0.462 e. The molecule has 3 rings (SSSR count). The van der Waals surface area contributed by atoms with Gasteiger partial charge in [-0.05, 0) is 86.8 Å². The molecule has 1 atom stereocenters. The Morgan fingerprint density at radius 3 is 2.22 bits per heavy atom. The summed E-state index contributed by atoms with van der Waals surface area (Å²) in [7, 11) is -1.93. The summed E-state index contributed by atoms with van der Waals surface area (Å²) in [4.78, 5) is 11.8. The molecule has 5 heteroatoms. The van der Waals surface area contributed by atoms with E-state index < -0.39 is 13.9 Å². The molecule has 0 spiro atoms. The van der Waals surface area contributed by atoms with E-state index in [-0.39, 0.29) is 11.4 Å². The van der Waals surface area contributed by atoms with Gasteiger partial charge in [0.05, 0.1) is 12.2 Å². The number of rotatable bonds is 4. The van der Waals surface area contributed by atoms with Gasteiger partial charge in [0.25, 0.3) is 0 Å². The normalized spacial score (nSPS) is 19.2. The van der Waals surface area contributed by atoms with Gasteiger partial charge in [0.2, 0.25) is 0 Å². The molecule has 166 valence electrons. The minimum absolute atomic E-state index is 0.0581. The van der Waals surface area contributed by atoms with Crippen LogP contribution in [0.4, 0.5) is 0 Å². The van der Waals surface area contributed by atoms with Crippen LogP contribution in [0.25, 0.3) is 0 Å². The molecule has 0 bridgehead atoms. The van der Waals surface area contributed by atoms with Crippen molar-refractivity contribution >= 4 is 14.3 Å². The topological polar surface area (TPSA) is 59.3 Å². The van der Waals surface area contributed by atoms with Crippen LogP contribution in [0, 0.1) is 23.2 Å². The monoisotopic (exact) mass is 445 g/mol. The van der Waals surface area contributed by atoms with E-state index in [0.717, 1.165) is 28.7 Å². The number of nitrogens with zero attached hydrogens (tertiary/aromatic N) is 1. The van der Waals surface area contributed by atoms with Gasteiger partial charge in [-0.1, -0.05) is 31.8 Å². The highest BCUT2D eigenvalue weighted by atomic mass is 28.4. The van der Waals surface area contributed by atoms with Crippen molar-refractivity contribution in [2.45, 2.75) is 64.3 Å². The first-order valence-corrected chi connectivity index (χ1v) is 14.5. The van der Waals surface area contributed by atoms with Crippen molar-refractivity contribution < 1.29 is 14.0 Å². The summed E-state index contributed by atoms with van der Waals surface area (Å²) in [5.74, 6) is 6.08. The third kappa shape index (κ3) is 5.13. The third-order valence-electron chi connectivity index (χ3n) is 5.69. The molecule has 0 saturated heterocycles. The van der Waals surface area contributed by atoms with E-state index >= 15 is 0 Å². The van der Waals surface area contributed by atoms with Gasteiger partial charge in [0.1, 0.15) is 6.07 Å². The Bertz CT molecular complexity index is 1110. The second-order valence-electron chi connectivity index (χ2n) is 9.85. The van der Waals surface area contributed by atoms with E-state index in [9.17, 15) is 10.1 Å². The molecule has 0 N–H and O–H groups in total. The van der Waals surface area contributed by atoms with Crippen LogP contribution in [0.15, 0.2) is 42.5 Å². The van der Waals surface area contributed by atoms with Crippen LogP contribution in [0.5, 0.6) is 0 Å². The van der Waals surface area contributed by atoms with Gasteiger partial charge in [-0.3, -0.25) is 0 Å². The number of ether oxygens (including phenoxy) is 1. The number of benzene rings is 2. The first-order chi connectivity index (χ1) is 15.0. The molecule has 2 aromatic carbocycles. The fourth-order valence-corrected chi connectivity index (χ4v) is 5.41. The number of hydrogen-bond acceptors (Lipinski definition) is 4. The molecule has 0 saturated carbocycles. The van der Waals surface area contributed by atoms with Crippen molar-refractivity contribution in [2.75, 3.05) is 6.61 Å². The lowest BCUT2D eigenvalue weighted by atomic mass is 9.67. The highest BCUT2D eigenvalue weighted by Gasteiger charge is 2.46. The zero-order valence-electron chi connectivity index (χ0n) is 19.8. The zero-order valence-corrected chi connectivity index (χ0v) is 20.8. The van der Waals surface area contributed by atoms with Crippen molar-refractivity contribution in [3.05, 3.63) is 70.3 Å². The van der Waals surface area contributed by atoms with Gasteiger partial charge in [0, 0.05) is 16.7 Å². The first kappa shape index (κ1) is 23.8. The van der Waals surface area contributed by atoms with Crippen LogP contribution in [-0.2, 0) is 20.2 Å². The van der Waals surface area contributed by atoms with Crippen LogP contribution in [0.1, 0.15) is 66.2 Å². The quantitative estimate of drug-likeness (QED) is 0.334. The zero-order chi connectivity index (χ0) is 23.6. The number of nitriles is 1. The molecule has 2 aromatic rings. The SMILES string of the molecule is CCOC(=O)c1ccc(C#Cc2ccc3c(c2)C(C)(C)CCC3(C#N)O[Si](C)(C)C)cc1. The van der Waals surface area contributed by atoms with Gasteiger partial charge >= 0.3 is 5.97 Å². The summed E-state index contributed by atoms with van der Waals surface area (Å²) in [6.07, 6.45) is 1.58. The number of fused-ring (bicyclic) bond motifs is 1. The molecule has 0 aliphatic heterocycles. The predicted molar refractivity (Wildman–Crippen MR) is 129 cm³/mol. The molecular weight excluding hydrogens is 414 g/mol. The minimum atomic E-state index is -1.93. The van der Waals surface area contributed by atoms with E-state index in [1.165, 1.54) is 0 Å². The summed E-state index contributed by atoms with van der Waals surface area (Å²) in [5.41, 5.74) is 3.40. The van der Waals surface area contributed by atoms with Crippen molar-refractivity contribution in [3.8, 4) is 17.9 Å². The predicted octanol–water partition coefficient (Wildman–Crippen LogP) is 5.90. The average molecular weight is 446 g/mol. The maximum Gasteiger partial charge on any atom is 0.338 e. The standard InChI is InChI=1S/C27H31NO3Si/c1-7-30-25(29)22-13-10-20(11-14-22)8-9-21-12-15-23-24(18-21)26(2,3)16-17-27(23,19-28)31-32(4,5)6/h10-15,18H,7,16-17H2,1-6H3. The maximum absolute atomic E-state index is 11.8. The average Bonchev–Trinajstić information content (AvgIpc) is 2.74. The highest BCUT2D eigenvalue weighted by Crippen LogP contribution is 2.47. The van der Waals surface area contributed by atoms with E-state index in [2.05, 4.69) is 57.5 Å². The molecule has 0 aromatic heterocycles. The Balaban J connectivity index is 1.94. The minimum Gasteiger partial charge on any atom is -0.462 e. The number of carbonyl (C=O) groups is 1. The number of hydrogen-bond donors (Lipinski definition) is 0. The van der Waals surface area contributed by atoms with Crippen molar-refractivity contribution in [1.82, 2.24) is 0 Å². The van der Waals surface area contributed by atoms with Gasteiger partial charge in [-0.25, -0.2) is 4.79 Å². The second-order valence-corrected chi connectivity index (χ2v) is 14.3. The van der Waals surface area contributed by atoms with Gasteiger partial charge < -0.3 is 9.16 Å². The van der Waals surface area contributed by atoms with Crippen LogP contribution in [-0.4, -0.2) is 20.9 Å². The summed E-state index contributed by atoms with van der Waals surface area (Å²) < 4.78 is 11.5. The summed E-state index contributed by atoms with van der Waals surface area (Å²) in [5, 5.41) is 10.1. The van der Waals surface area contributed by atoms with E-state index in [4.69, 9.17) is 9.16 Å². The summed E-state index contributed by atoms with van der Waals surface area (Å²) >= 11 is 0. The molecule has 0 fully saturated rings. The van der Waals surface area contributed by atoms with Crippen LogP contribution >= 0.6 is 0 Å². The molecule has 32 heavy (non-hydrogen) atoms. The summed E-state index contributed by atoms with van der Waals surface area (Å²) in [6.45, 7) is 12.9. The molecule has 4 nitrogen and oxygen atoms in total. The van der Waals surface area contributed by atoms with Crippen molar-refractivity contribution in [1.29, 1.82) is 5.26 Å². The number of esters is 1. The fourth-order valence-electron chi connectivity index (χ4n) is 4.11. The molecule has 1 unspecified atom stereocenters. The van der Waals surface area contributed by atoms with Crippen LogP contribution in [0.2, 0.25) is 19.6 Å². The Hall–Kier alpha value is -2.86. The molecule has 1 aliphatic rings. The highest BCUT2D eigenvalue weighted by molar-refractivity contribution is 6.69. The smallest absolute Gasteiger partial charge is 0.338 e. The maximum atomic E-state index is 11.8. The third-order valence-corrected chi connectivity index (χ3v) is 6.65. The lowest BCUT2D eigenvalue weighted by Gasteiger charge is -2.44. The lowest BCUT2D eigenvalue weighted by molar-refractivity contribution is 0.0526. The Labute approximate surface area is 192 Å². The molecule has 1 aliphatic carbocycles. The molecule has 0 heterocycles. The molecule has 0 radical (unpaired) electrons. The van der Waals surface area contributed by atoms with E-state index in [0.29, 0.717) is 18.6 Å². The lowest BCUT2D eigenvalue weighted by Crippen LogP contribution is -2.45. The number of carbonyl (C=O) groups excluding carboxylic acids is 1. The van der Waals surface area contributed by atoms with Crippen molar-refractivity contribution in [2.24, 2.45) is 0 Å². The Morgan fingerprint density at radius 2 is 1.62 bits per heavy atom. The van der Waals surface area contributed by atoms with Crippen LogP contribution < -0.4 is 0 Å². The Morgan fingerprint density at radius 1 is 1.00 bits per heavy atom. The van der Waals surface area contributed by atoms with E-state index in [1.807, 2.05) is 24.3 Å². The molecule has 0 amide bonds. The first-order valence-electron chi connectivity index (χ1n) is 11.1. The second kappa shape index (κ2) is 8.94. The van der Waals surface area contributed by atoms with Gasteiger partial charge in [-0.2, -0.15) is 5.26 Å².